The second-order valence-corrected chi connectivity index (χ2v) is 6.81. The molecule has 1 aliphatic rings. The summed E-state index contributed by atoms with van der Waals surface area (Å²) in [6, 6.07) is 6.99. The quantitative estimate of drug-likeness (QED) is 0.918. The molecule has 2 N–H and O–H groups in total. The molecule has 0 radical (unpaired) electrons. The summed E-state index contributed by atoms with van der Waals surface area (Å²) in [5, 5.41) is 0. The predicted molar refractivity (Wildman–Crippen MR) is 84.5 cm³/mol. The van der Waals surface area contributed by atoms with Gasteiger partial charge in [0.15, 0.2) is 0 Å². The zero-order valence-electron chi connectivity index (χ0n) is 13.4. The molecular formula is C17H29N3. The van der Waals surface area contributed by atoms with E-state index in [0.29, 0.717) is 6.04 Å². The highest BCUT2D eigenvalue weighted by atomic mass is 15.2. The van der Waals surface area contributed by atoms with Crippen LogP contribution in [-0.4, -0.2) is 28.5 Å². The van der Waals surface area contributed by atoms with Gasteiger partial charge in [0.25, 0.3) is 0 Å². The maximum atomic E-state index is 6.55. The van der Waals surface area contributed by atoms with E-state index >= 15 is 0 Å². The summed E-state index contributed by atoms with van der Waals surface area (Å²) in [4.78, 5) is 7.14. The first-order valence-electron chi connectivity index (χ1n) is 7.86. The monoisotopic (exact) mass is 275 g/mol. The molecule has 2 unspecified atom stereocenters. The fraction of sp³-hybridized carbons (Fsp3) is 0.706. The van der Waals surface area contributed by atoms with Crippen LogP contribution in [0, 0.1) is 12.3 Å². The normalized spacial score (nSPS) is 25.9. The van der Waals surface area contributed by atoms with Crippen molar-refractivity contribution in [2.24, 2.45) is 11.1 Å². The van der Waals surface area contributed by atoms with E-state index in [4.69, 9.17) is 5.73 Å². The minimum Gasteiger partial charge on any atom is -0.326 e. The lowest BCUT2D eigenvalue weighted by atomic mass is 9.70. The molecule has 0 aromatic carbocycles. The number of rotatable bonds is 4. The van der Waals surface area contributed by atoms with E-state index in [-0.39, 0.29) is 11.5 Å². The fourth-order valence-corrected chi connectivity index (χ4v) is 3.40. The predicted octanol–water partition coefficient (Wildman–Crippen LogP) is 3.12. The molecule has 1 aliphatic carbocycles. The van der Waals surface area contributed by atoms with E-state index in [0.717, 1.165) is 24.5 Å². The van der Waals surface area contributed by atoms with Gasteiger partial charge in [-0.3, -0.25) is 9.88 Å². The van der Waals surface area contributed by atoms with Crippen molar-refractivity contribution in [2.45, 2.75) is 65.6 Å². The molecule has 0 amide bonds. The minimum absolute atomic E-state index is 0.246. The van der Waals surface area contributed by atoms with Gasteiger partial charge in [-0.05, 0) is 43.9 Å². The number of hydrogen-bond acceptors (Lipinski definition) is 3. The molecule has 20 heavy (non-hydrogen) atoms. The van der Waals surface area contributed by atoms with E-state index in [1.807, 2.05) is 0 Å². The van der Waals surface area contributed by atoms with Crippen molar-refractivity contribution < 1.29 is 0 Å². The first-order valence-corrected chi connectivity index (χ1v) is 7.86. The van der Waals surface area contributed by atoms with Crippen LogP contribution in [-0.2, 0) is 6.54 Å². The fourth-order valence-electron chi connectivity index (χ4n) is 3.40. The number of nitrogens with two attached hydrogens (primary N) is 1. The van der Waals surface area contributed by atoms with Gasteiger partial charge >= 0.3 is 0 Å². The third-order valence-electron chi connectivity index (χ3n) is 4.82. The molecule has 2 atom stereocenters. The third-order valence-corrected chi connectivity index (χ3v) is 4.82. The Bertz CT molecular complexity index is 442. The highest BCUT2D eigenvalue weighted by Crippen LogP contribution is 2.36. The first kappa shape index (κ1) is 15.5. The standard InChI is InChI=1S/C17H29N3/c1-5-20(12-14-9-6-8-13(2)19-14)15-10-7-11-17(3,4)16(15)18/h6,8-9,15-16H,5,7,10-12,18H2,1-4H3. The van der Waals surface area contributed by atoms with Crippen LogP contribution in [0.5, 0.6) is 0 Å². The minimum atomic E-state index is 0.246. The maximum Gasteiger partial charge on any atom is 0.0547 e. The average Bonchev–Trinajstić information content (AvgIpc) is 2.40. The molecule has 1 fully saturated rings. The van der Waals surface area contributed by atoms with Crippen LogP contribution in [0.1, 0.15) is 51.4 Å². The first-order chi connectivity index (χ1) is 9.44. The van der Waals surface area contributed by atoms with Crippen LogP contribution in [0.25, 0.3) is 0 Å². The SMILES string of the molecule is CCN(Cc1cccc(C)n1)C1CCCC(C)(C)C1N. The molecule has 1 saturated carbocycles. The van der Waals surface area contributed by atoms with Gasteiger partial charge in [0.2, 0.25) is 0 Å². The molecule has 0 bridgehead atoms. The van der Waals surface area contributed by atoms with Gasteiger partial charge in [-0.15, -0.1) is 0 Å². The van der Waals surface area contributed by atoms with Crippen molar-refractivity contribution in [3.8, 4) is 0 Å². The van der Waals surface area contributed by atoms with Gasteiger partial charge in [-0.25, -0.2) is 0 Å². The van der Waals surface area contributed by atoms with E-state index in [1.165, 1.54) is 19.3 Å². The maximum absolute atomic E-state index is 6.55. The second-order valence-electron chi connectivity index (χ2n) is 6.81. The zero-order valence-corrected chi connectivity index (χ0v) is 13.4. The Hall–Kier alpha value is -0.930. The Kier molecular flexibility index (Phi) is 4.82. The zero-order chi connectivity index (χ0) is 14.8. The highest BCUT2D eigenvalue weighted by Gasteiger charge is 2.38. The third kappa shape index (κ3) is 3.39. The molecule has 3 nitrogen and oxygen atoms in total. The van der Waals surface area contributed by atoms with Gasteiger partial charge < -0.3 is 5.73 Å². The Balaban J connectivity index is 2.11. The lowest BCUT2D eigenvalue weighted by Crippen LogP contribution is -2.56. The van der Waals surface area contributed by atoms with Crippen molar-refractivity contribution in [2.75, 3.05) is 6.54 Å². The summed E-state index contributed by atoms with van der Waals surface area (Å²) in [6.07, 6.45) is 3.73. The van der Waals surface area contributed by atoms with E-state index in [2.05, 4.69) is 55.8 Å². The summed E-state index contributed by atoms with van der Waals surface area (Å²) in [5.74, 6) is 0. The molecular weight excluding hydrogens is 246 g/mol. The van der Waals surface area contributed by atoms with Crippen LogP contribution in [0.15, 0.2) is 18.2 Å². The smallest absolute Gasteiger partial charge is 0.0547 e. The van der Waals surface area contributed by atoms with E-state index < -0.39 is 0 Å². The average molecular weight is 275 g/mol. The van der Waals surface area contributed by atoms with Crippen LogP contribution >= 0.6 is 0 Å². The van der Waals surface area contributed by atoms with Crippen LogP contribution < -0.4 is 5.73 Å². The van der Waals surface area contributed by atoms with Gasteiger partial charge in [0.05, 0.1) is 5.69 Å². The number of hydrogen-bond donors (Lipinski definition) is 1. The molecule has 0 spiro atoms. The Morgan fingerprint density at radius 2 is 2.15 bits per heavy atom. The van der Waals surface area contributed by atoms with Crippen molar-refractivity contribution in [3.05, 3.63) is 29.6 Å². The van der Waals surface area contributed by atoms with Gasteiger partial charge in [0.1, 0.15) is 0 Å². The van der Waals surface area contributed by atoms with Crippen molar-refractivity contribution >= 4 is 0 Å². The second kappa shape index (κ2) is 6.23. The Morgan fingerprint density at radius 1 is 1.40 bits per heavy atom. The molecule has 0 aliphatic heterocycles. The Morgan fingerprint density at radius 3 is 2.80 bits per heavy atom. The molecule has 0 saturated heterocycles. The molecule has 3 heteroatoms. The molecule has 112 valence electrons. The number of aryl methyl sites for hydroxylation is 1. The van der Waals surface area contributed by atoms with Crippen LogP contribution in [0.4, 0.5) is 0 Å². The number of aromatic nitrogens is 1. The molecule has 1 heterocycles. The molecule has 1 aromatic rings. The molecule has 2 rings (SSSR count). The topological polar surface area (TPSA) is 42.2 Å². The summed E-state index contributed by atoms with van der Waals surface area (Å²) < 4.78 is 0. The van der Waals surface area contributed by atoms with Crippen LogP contribution in [0.3, 0.4) is 0 Å². The van der Waals surface area contributed by atoms with Crippen LogP contribution in [0.2, 0.25) is 0 Å². The van der Waals surface area contributed by atoms with Crippen molar-refractivity contribution in [3.63, 3.8) is 0 Å². The highest BCUT2D eigenvalue weighted by molar-refractivity contribution is 5.10. The molecule has 1 aromatic heterocycles. The summed E-state index contributed by atoms with van der Waals surface area (Å²) in [6.45, 7) is 10.8. The lowest BCUT2D eigenvalue weighted by molar-refractivity contribution is 0.0655. The summed E-state index contributed by atoms with van der Waals surface area (Å²) in [7, 11) is 0. The summed E-state index contributed by atoms with van der Waals surface area (Å²) >= 11 is 0. The summed E-state index contributed by atoms with van der Waals surface area (Å²) in [5.41, 5.74) is 9.05. The Labute approximate surface area is 123 Å². The number of nitrogens with zero attached hydrogens (tertiary/aromatic N) is 2. The number of likely N-dealkylation sites (N-methyl/N-ethyl adjacent to an activating group) is 1. The largest absolute Gasteiger partial charge is 0.326 e. The lowest BCUT2D eigenvalue weighted by Gasteiger charge is -2.46. The van der Waals surface area contributed by atoms with E-state index in [1.54, 1.807) is 0 Å². The van der Waals surface area contributed by atoms with Gasteiger partial charge in [-0.1, -0.05) is 33.3 Å². The van der Waals surface area contributed by atoms with Gasteiger partial charge in [0, 0.05) is 24.3 Å². The van der Waals surface area contributed by atoms with E-state index in [9.17, 15) is 0 Å². The number of pyridine rings is 1. The van der Waals surface area contributed by atoms with Crippen molar-refractivity contribution in [1.82, 2.24) is 9.88 Å². The van der Waals surface area contributed by atoms with Crippen molar-refractivity contribution in [1.29, 1.82) is 0 Å². The van der Waals surface area contributed by atoms with Gasteiger partial charge in [-0.2, -0.15) is 0 Å².